The molecular weight excluding hydrogens is 780 g/mol. The molecule has 4 atom stereocenters. The van der Waals surface area contributed by atoms with Crippen LogP contribution in [0.25, 0.3) is 0 Å². The quantitative estimate of drug-likeness (QED) is 0.0640. The maximum absolute atomic E-state index is 13.7. The van der Waals surface area contributed by atoms with Crippen molar-refractivity contribution >= 4 is 41.1 Å². The number of nitrogens with one attached hydrogen (secondary N) is 2. The van der Waals surface area contributed by atoms with Gasteiger partial charge < -0.3 is 52.2 Å². The van der Waals surface area contributed by atoms with Crippen LogP contribution in [0.5, 0.6) is 0 Å². The van der Waals surface area contributed by atoms with Crippen molar-refractivity contribution in [1.29, 1.82) is 0 Å². The van der Waals surface area contributed by atoms with E-state index in [1.807, 2.05) is 36.1 Å². The van der Waals surface area contributed by atoms with E-state index in [0.29, 0.717) is 25.1 Å². The highest BCUT2D eigenvalue weighted by Gasteiger charge is 2.28. The molecule has 0 unspecified atom stereocenters. The summed E-state index contributed by atoms with van der Waals surface area (Å²) in [5.41, 5.74) is 13.9. The Morgan fingerprint density at radius 3 is 2.22 bits per heavy atom. The average molecular weight is 843 g/mol. The van der Waals surface area contributed by atoms with Gasteiger partial charge in [0.15, 0.2) is 22.5 Å². The molecule has 0 radical (unpaired) electrons. The van der Waals surface area contributed by atoms with Gasteiger partial charge in [-0.1, -0.05) is 74.2 Å². The molecule has 326 valence electrons. The van der Waals surface area contributed by atoms with E-state index in [-0.39, 0.29) is 67.0 Å². The van der Waals surface area contributed by atoms with Crippen molar-refractivity contribution in [2.45, 2.75) is 97.2 Å². The summed E-state index contributed by atoms with van der Waals surface area (Å²) < 4.78 is 5.82. The highest BCUT2D eigenvalue weighted by Crippen LogP contribution is 2.21. The van der Waals surface area contributed by atoms with Crippen molar-refractivity contribution in [1.82, 2.24) is 30.4 Å². The Morgan fingerprint density at radius 1 is 0.881 bits per heavy atom. The molecule has 0 bridgehead atoms. The first kappa shape index (κ1) is 48.8. The van der Waals surface area contributed by atoms with Crippen molar-refractivity contribution in [2.75, 3.05) is 57.3 Å². The summed E-state index contributed by atoms with van der Waals surface area (Å²) in [5.74, 6) is -1.47. The zero-order valence-corrected chi connectivity index (χ0v) is 35.6. The lowest BCUT2D eigenvalue weighted by atomic mass is 9.95. The van der Waals surface area contributed by atoms with Crippen LogP contribution in [0.2, 0.25) is 5.15 Å². The minimum absolute atomic E-state index is 0.0576. The van der Waals surface area contributed by atoms with E-state index in [1.54, 1.807) is 49.9 Å². The fraction of sp³-hybridized carbons (Fsp3) is 0.548. The molecule has 0 saturated carbocycles. The predicted molar refractivity (Wildman–Crippen MR) is 228 cm³/mol. The number of rotatable bonds is 23. The first-order valence-corrected chi connectivity index (χ1v) is 20.4. The molecule has 1 heterocycles. The van der Waals surface area contributed by atoms with Crippen LogP contribution in [0, 0.1) is 12.8 Å². The fourth-order valence-electron chi connectivity index (χ4n) is 6.33. The predicted octanol–water partition coefficient (Wildman–Crippen LogP) is 3.32. The molecule has 0 saturated heterocycles. The van der Waals surface area contributed by atoms with Crippen molar-refractivity contribution < 1.29 is 39.5 Å². The first-order valence-electron chi connectivity index (χ1n) is 20.1. The number of halogens is 1. The molecule has 17 heteroatoms. The molecule has 16 nitrogen and oxygen atoms in total. The number of ether oxygens (including phenoxy) is 1. The van der Waals surface area contributed by atoms with Crippen LogP contribution in [0.1, 0.15) is 90.9 Å². The second-order valence-electron chi connectivity index (χ2n) is 15.8. The summed E-state index contributed by atoms with van der Waals surface area (Å²) in [6, 6.07) is 14.7. The highest BCUT2D eigenvalue weighted by molar-refractivity contribution is 6.31. The van der Waals surface area contributed by atoms with E-state index in [9.17, 15) is 34.8 Å². The molecule has 2 aromatic carbocycles. The molecule has 0 aliphatic rings. The molecule has 3 aromatic rings. The van der Waals surface area contributed by atoms with Gasteiger partial charge in [0.25, 0.3) is 11.8 Å². The zero-order valence-electron chi connectivity index (χ0n) is 34.9. The highest BCUT2D eigenvalue weighted by atomic mass is 35.5. The van der Waals surface area contributed by atoms with Crippen LogP contribution in [-0.2, 0) is 17.7 Å². The van der Waals surface area contributed by atoms with Gasteiger partial charge in [-0.3, -0.25) is 14.5 Å². The molecule has 59 heavy (non-hydrogen) atoms. The van der Waals surface area contributed by atoms with Crippen molar-refractivity contribution in [2.24, 2.45) is 5.92 Å². The van der Waals surface area contributed by atoms with Gasteiger partial charge in [0.2, 0.25) is 0 Å². The molecule has 0 aliphatic heterocycles. The third kappa shape index (κ3) is 16.5. The summed E-state index contributed by atoms with van der Waals surface area (Å²) in [5, 5.41) is 45.2. The number of carbonyl (C=O) groups is 3. The van der Waals surface area contributed by atoms with E-state index < -0.39 is 42.5 Å². The summed E-state index contributed by atoms with van der Waals surface area (Å²) in [6.07, 6.45) is -0.330. The molecule has 0 fully saturated rings. The van der Waals surface area contributed by atoms with Gasteiger partial charge in [-0.2, -0.15) is 0 Å². The summed E-state index contributed by atoms with van der Waals surface area (Å²) in [6.45, 7) is 10.6. The monoisotopic (exact) mass is 842 g/mol. The summed E-state index contributed by atoms with van der Waals surface area (Å²) in [4.78, 5) is 51.5. The molecule has 0 spiro atoms. The van der Waals surface area contributed by atoms with Gasteiger partial charge in [-0.15, -0.1) is 0 Å². The third-order valence-electron chi connectivity index (χ3n) is 9.62. The van der Waals surface area contributed by atoms with Crippen LogP contribution < -0.4 is 22.1 Å². The SMILES string of the molecule is CCCCCCN(CCNC(=O)c1ccc(CN(C[C@@H](CNC(=O)c2nc(Cl)c(N)nc2N)Cc2ccccc2C)C(=O)OC(C)(C)C)cc1)C[C@@H](O)[C@H](O)[C@@H](O)CO. The van der Waals surface area contributed by atoms with Crippen molar-refractivity contribution in [3.05, 3.63) is 81.6 Å². The Morgan fingerprint density at radius 2 is 1.58 bits per heavy atom. The number of aliphatic hydroxyl groups excluding tert-OH is 4. The summed E-state index contributed by atoms with van der Waals surface area (Å²) in [7, 11) is 0. The lowest BCUT2D eigenvalue weighted by molar-refractivity contribution is -0.0840. The minimum Gasteiger partial charge on any atom is -0.444 e. The largest absolute Gasteiger partial charge is 0.444 e. The number of hydrogen-bond acceptors (Lipinski definition) is 13. The zero-order chi connectivity index (χ0) is 43.7. The summed E-state index contributed by atoms with van der Waals surface area (Å²) >= 11 is 6.03. The number of aryl methyl sites for hydroxylation is 1. The smallest absolute Gasteiger partial charge is 0.410 e. The number of amides is 3. The number of benzene rings is 2. The maximum Gasteiger partial charge on any atom is 0.410 e. The standard InChI is InChI=1S/C42H63ClN8O8/c1-6-7-8-11-19-50(25-32(53)35(55)33(54)26-52)20-18-46-39(56)30-16-14-28(15-17-30)23-51(41(58)59-42(3,4)5)24-29(21-31-13-10-9-12-27(31)2)22-47-40(57)34-37(44)49-38(45)36(43)48-34/h9-10,12-17,29,32-33,35,52-55H,6-8,11,18-26H2,1-5H3,(H,46,56)(H,47,57)(H4,44,45,49)/t29-,32-,33+,35+/m1/s1. The molecule has 3 rings (SSSR count). The number of unbranched alkanes of at least 4 members (excludes halogenated alkanes) is 3. The topological polar surface area (TPSA) is 250 Å². The van der Waals surface area contributed by atoms with Crippen LogP contribution in [0.3, 0.4) is 0 Å². The molecule has 3 amide bonds. The number of carbonyl (C=O) groups excluding carboxylic acids is 3. The first-order chi connectivity index (χ1) is 27.9. The van der Waals surface area contributed by atoms with Crippen LogP contribution in [0.4, 0.5) is 16.4 Å². The van der Waals surface area contributed by atoms with Gasteiger partial charge >= 0.3 is 6.09 Å². The van der Waals surface area contributed by atoms with Gasteiger partial charge in [0.05, 0.1) is 12.7 Å². The number of nitrogen functional groups attached to an aromatic ring is 2. The van der Waals surface area contributed by atoms with Gasteiger partial charge in [-0.05, 0) is 81.8 Å². The molecule has 10 N–H and O–H groups in total. The van der Waals surface area contributed by atoms with Gasteiger partial charge in [0.1, 0.15) is 17.8 Å². The lowest BCUT2D eigenvalue weighted by Crippen LogP contribution is -2.47. The van der Waals surface area contributed by atoms with Crippen LogP contribution >= 0.6 is 11.6 Å². The van der Waals surface area contributed by atoms with E-state index in [0.717, 1.165) is 42.4 Å². The Labute approximate surface area is 352 Å². The maximum atomic E-state index is 13.7. The number of nitrogens with two attached hydrogens (primary N) is 2. The molecule has 0 aliphatic carbocycles. The number of aromatic nitrogens is 2. The van der Waals surface area contributed by atoms with E-state index in [4.69, 9.17) is 27.8 Å². The number of anilines is 2. The third-order valence-corrected chi connectivity index (χ3v) is 9.90. The Balaban J connectivity index is 1.75. The second kappa shape index (κ2) is 23.9. The lowest BCUT2D eigenvalue weighted by Gasteiger charge is -2.31. The average Bonchev–Trinajstić information content (AvgIpc) is 3.19. The Kier molecular flexibility index (Phi) is 19.7. The van der Waals surface area contributed by atoms with E-state index in [2.05, 4.69) is 27.5 Å². The van der Waals surface area contributed by atoms with Crippen molar-refractivity contribution in [3.8, 4) is 0 Å². The van der Waals surface area contributed by atoms with Crippen molar-refractivity contribution in [3.63, 3.8) is 0 Å². The minimum atomic E-state index is -1.51. The van der Waals surface area contributed by atoms with Crippen LogP contribution in [-0.4, -0.2) is 128 Å². The Bertz CT molecular complexity index is 1800. The molecular formula is C42H63ClN8O8. The van der Waals surface area contributed by atoms with Gasteiger partial charge in [0, 0.05) is 44.8 Å². The number of nitrogens with zero attached hydrogens (tertiary/aromatic N) is 4. The van der Waals surface area contributed by atoms with Crippen LogP contribution in [0.15, 0.2) is 48.5 Å². The normalized spacial score (nSPS) is 13.7. The second-order valence-corrected chi connectivity index (χ2v) is 16.2. The molecule has 1 aromatic heterocycles. The fourth-order valence-corrected chi connectivity index (χ4v) is 6.45. The van der Waals surface area contributed by atoms with Gasteiger partial charge in [-0.25, -0.2) is 14.8 Å². The number of hydrogen-bond donors (Lipinski definition) is 8. The Hall–Kier alpha value is -4.58. The number of aliphatic hydroxyl groups is 4. The van der Waals surface area contributed by atoms with E-state index >= 15 is 0 Å². The van der Waals surface area contributed by atoms with E-state index in [1.165, 1.54) is 0 Å².